The van der Waals surface area contributed by atoms with Crippen molar-refractivity contribution < 1.29 is 14.8 Å². The summed E-state index contributed by atoms with van der Waals surface area (Å²) in [4.78, 5) is 10.1. The van der Waals surface area contributed by atoms with E-state index in [1.165, 1.54) is 31.4 Å². The fourth-order valence-corrected chi connectivity index (χ4v) is 1.83. The zero-order chi connectivity index (χ0) is 14.1. The number of aliphatic hydroxyl groups is 1. The quantitative estimate of drug-likeness (QED) is 0.422. The zero-order valence-corrected chi connectivity index (χ0v) is 11.3. The SMILES string of the molecule is CCCCCCCOc1ccc([N+](=O)[O-])cc1CO. The molecule has 0 amide bonds. The molecule has 5 heteroatoms. The summed E-state index contributed by atoms with van der Waals surface area (Å²) in [7, 11) is 0. The van der Waals surface area contributed by atoms with Gasteiger partial charge in [0.2, 0.25) is 0 Å². The van der Waals surface area contributed by atoms with Crippen LogP contribution in [0, 0.1) is 10.1 Å². The first-order valence-electron chi connectivity index (χ1n) is 6.70. The molecule has 0 aliphatic carbocycles. The van der Waals surface area contributed by atoms with Crippen LogP contribution in [0.2, 0.25) is 0 Å². The number of rotatable bonds is 9. The van der Waals surface area contributed by atoms with E-state index in [9.17, 15) is 15.2 Å². The van der Waals surface area contributed by atoms with Crippen molar-refractivity contribution in [3.8, 4) is 5.75 Å². The van der Waals surface area contributed by atoms with Crippen molar-refractivity contribution in [1.29, 1.82) is 0 Å². The fraction of sp³-hybridized carbons (Fsp3) is 0.571. The van der Waals surface area contributed by atoms with Gasteiger partial charge in [-0.2, -0.15) is 0 Å². The van der Waals surface area contributed by atoms with Crippen molar-refractivity contribution >= 4 is 5.69 Å². The minimum Gasteiger partial charge on any atom is -0.493 e. The number of aliphatic hydroxyl groups excluding tert-OH is 1. The highest BCUT2D eigenvalue weighted by Gasteiger charge is 2.10. The number of ether oxygens (including phenoxy) is 1. The first-order chi connectivity index (χ1) is 9.19. The number of nitrogens with zero attached hydrogens (tertiary/aromatic N) is 1. The van der Waals surface area contributed by atoms with Crippen LogP contribution in [0.1, 0.15) is 44.6 Å². The molecule has 0 unspecified atom stereocenters. The van der Waals surface area contributed by atoms with Gasteiger partial charge in [0, 0.05) is 17.7 Å². The first-order valence-corrected chi connectivity index (χ1v) is 6.70. The standard InChI is InChI=1S/C14H21NO4/c1-2-3-4-5-6-9-19-14-8-7-13(15(17)18)10-12(14)11-16/h7-8,10,16H,2-6,9,11H2,1H3. The molecule has 0 fully saturated rings. The Hall–Kier alpha value is -1.62. The Balaban J connectivity index is 2.47. The van der Waals surface area contributed by atoms with E-state index in [-0.39, 0.29) is 12.3 Å². The molecule has 19 heavy (non-hydrogen) atoms. The van der Waals surface area contributed by atoms with Gasteiger partial charge in [-0.25, -0.2) is 0 Å². The van der Waals surface area contributed by atoms with E-state index in [1.807, 2.05) is 0 Å². The summed E-state index contributed by atoms with van der Waals surface area (Å²) in [5.41, 5.74) is 0.433. The number of benzene rings is 1. The summed E-state index contributed by atoms with van der Waals surface area (Å²) in [6, 6.07) is 4.30. The predicted molar refractivity (Wildman–Crippen MR) is 73.3 cm³/mol. The molecule has 0 radical (unpaired) electrons. The van der Waals surface area contributed by atoms with Gasteiger partial charge in [-0.3, -0.25) is 10.1 Å². The molecule has 0 aliphatic heterocycles. The molecule has 1 rings (SSSR count). The van der Waals surface area contributed by atoms with E-state index in [0.29, 0.717) is 17.9 Å². The van der Waals surface area contributed by atoms with E-state index in [4.69, 9.17) is 4.74 Å². The largest absolute Gasteiger partial charge is 0.493 e. The third-order valence-corrected chi connectivity index (χ3v) is 2.93. The molecular weight excluding hydrogens is 246 g/mol. The molecule has 0 saturated heterocycles. The second-order valence-electron chi connectivity index (χ2n) is 4.47. The maximum absolute atomic E-state index is 10.6. The number of non-ortho nitro benzene ring substituents is 1. The lowest BCUT2D eigenvalue weighted by molar-refractivity contribution is -0.385. The average molecular weight is 267 g/mol. The van der Waals surface area contributed by atoms with Crippen molar-refractivity contribution in [2.75, 3.05) is 6.61 Å². The lowest BCUT2D eigenvalue weighted by atomic mass is 10.1. The smallest absolute Gasteiger partial charge is 0.270 e. The van der Waals surface area contributed by atoms with Gasteiger partial charge < -0.3 is 9.84 Å². The van der Waals surface area contributed by atoms with Gasteiger partial charge >= 0.3 is 0 Å². The van der Waals surface area contributed by atoms with Crippen LogP contribution >= 0.6 is 0 Å². The van der Waals surface area contributed by atoms with Gasteiger partial charge in [0.25, 0.3) is 5.69 Å². The molecule has 0 atom stereocenters. The van der Waals surface area contributed by atoms with Crippen molar-refractivity contribution in [3.63, 3.8) is 0 Å². The van der Waals surface area contributed by atoms with Crippen LogP contribution in [-0.2, 0) is 6.61 Å². The van der Waals surface area contributed by atoms with Crippen molar-refractivity contribution in [2.45, 2.75) is 45.6 Å². The summed E-state index contributed by atoms with van der Waals surface area (Å²) >= 11 is 0. The molecule has 0 aliphatic rings. The summed E-state index contributed by atoms with van der Waals surface area (Å²) in [5, 5.41) is 19.8. The van der Waals surface area contributed by atoms with Gasteiger partial charge in [-0.05, 0) is 12.5 Å². The Bertz CT molecular complexity index is 406. The van der Waals surface area contributed by atoms with Gasteiger partial charge in [0.05, 0.1) is 18.1 Å². The molecule has 0 saturated carbocycles. The number of hydrogen-bond acceptors (Lipinski definition) is 4. The third kappa shape index (κ3) is 5.26. The maximum atomic E-state index is 10.6. The maximum Gasteiger partial charge on any atom is 0.270 e. The highest BCUT2D eigenvalue weighted by atomic mass is 16.6. The highest BCUT2D eigenvalue weighted by molar-refractivity contribution is 5.43. The number of nitro benzene ring substituents is 1. The van der Waals surface area contributed by atoms with Crippen LogP contribution < -0.4 is 4.74 Å². The monoisotopic (exact) mass is 267 g/mol. The minimum absolute atomic E-state index is 0.0284. The predicted octanol–water partition coefficient (Wildman–Crippen LogP) is 3.44. The fourth-order valence-electron chi connectivity index (χ4n) is 1.83. The zero-order valence-electron chi connectivity index (χ0n) is 11.3. The van der Waals surface area contributed by atoms with Crippen molar-refractivity contribution in [2.24, 2.45) is 0 Å². The first kappa shape index (κ1) is 15.4. The van der Waals surface area contributed by atoms with Crippen LogP contribution in [0.25, 0.3) is 0 Å². The van der Waals surface area contributed by atoms with Crippen LogP contribution in [0.3, 0.4) is 0 Å². The molecule has 1 aromatic carbocycles. The molecule has 106 valence electrons. The van der Waals surface area contributed by atoms with E-state index in [1.54, 1.807) is 6.07 Å². The van der Waals surface area contributed by atoms with Gasteiger partial charge in [0.1, 0.15) is 5.75 Å². The molecular formula is C14H21NO4. The highest BCUT2D eigenvalue weighted by Crippen LogP contribution is 2.24. The van der Waals surface area contributed by atoms with Crippen LogP contribution in [0.4, 0.5) is 5.69 Å². The molecule has 5 nitrogen and oxygen atoms in total. The van der Waals surface area contributed by atoms with Crippen LogP contribution in [0.15, 0.2) is 18.2 Å². The lowest BCUT2D eigenvalue weighted by Gasteiger charge is -2.09. The van der Waals surface area contributed by atoms with E-state index < -0.39 is 4.92 Å². The number of hydrogen-bond donors (Lipinski definition) is 1. The van der Waals surface area contributed by atoms with Crippen molar-refractivity contribution in [3.05, 3.63) is 33.9 Å². The van der Waals surface area contributed by atoms with Gasteiger partial charge in [0.15, 0.2) is 0 Å². The lowest BCUT2D eigenvalue weighted by Crippen LogP contribution is -2.01. The molecule has 0 heterocycles. The second kappa shape index (κ2) is 8.48. The van der Waals surface area contributed by atoms with Crippen LogP contribution in [0.5, 0.6) is 5.75 Å². The summed E-state index contributed by atoms with van der Waals surface area (Å²) in [5.74, 6) is 0.531. The van der Waals surface area contributed by atoms with Crippen LogP contribution in [-0.4, -0.2) is 16.6 Å². The molecule has 1 aromatic rings. The van der Waals surface area contributed by atoms with E-state index in [2.05, 4.69) is 6.92 Å². The third-order valence-electron chi connectivity index (χ3n) is 2.93. The van der Waals surface area contributed by atoms with E-state index in [0.717, 1.165) is 12.8 Å². The molecule has 0 bridgehead atoms. The Morgan fingerprint density at radius 2 is 2.00 bits per heavy atom. The Morgan fingerprint density at radius 1 is 1.26 bits per heavy atom. The second-order valence-corrected chi connectivity index (χ2v) is 4.47. The van der Waals surface area contributed by atoms with Gasteiger partial charge in [-0.15, -0.1) is 0 Å². The Labute approximate surface area is 113 Å². The minimum atomic E-state index is -0.478. The Morgan fingerprint density at radius 3 is 2.63 bits per heavy atom. The number of nitro groups is 1. The number of unbranched alkanes of at least 4 members (excludes halogenated alkanes) is 4. The summed E-state index contributed by atoms with van der Waals surface area (Å²) < 4.78 is 5.56. The average Bonchev–Trinajstić information content (AvgIpc) is 2.42. The Kier molecular flexibility index (Phi) is 6.89. The normalized spacial score (nSPS) is 10.4. The molecule has 0 aromatic heterocycles. The summed E-state index contributed by atoms with van der Waals surface area (Å²) in [6.07, 6.45) is 5.72. The molecule has 0 spiro atoms. The molecule has 1 N–H and O–H groups in total. The van der Waals surface area contributed by atoms with Crippen molar-refractivity contribution in [1.82, 2.24) is 0 Å². The van der Waals surface area contributed by atoms with Gasteiger partial charge in [-0.1, -0.05) is 32.6 Å². The topological polar surface area (TPSA) is 72.6 Å². The van der Waals surface area contributed by atoms with E-state index >= 15 is 0 Å². The summed E-state index contributed by atoms with van der Waals surface area (Å²) in [6.45, 7) is 2.49.